The summed E-state index contributed by atoms with van der Waals surface area (Å²) in [5, 5.41) is 9.13. The first-order chi connectivity index (χ1) is 9.85. The van der Waals surface area contributed by atoms with Crippen molar-refractivity contribution in [1.82, 2.24) is 4.90 Å². The summed E-state index contributed by atoms with van der Waals surface area (Å²) in [5.41, 5.74) is 1.82. The Hall–Kier alpha value is -2.11. The van der Waals surface area contributed by atoms with Crippen molar-refractivity contribution >= 4 is 11.7 Å². The highest BCUT2D eigenvalue weighted by Gasteiger charge is 2.40. The maximum absolute atomic E-state index is 13.1. The summed E-state index contributed by atoms with van der Waals surface area (Å²) < 4.78 is 26.2. The van der Waals surface area contributed by atoms with Gasteiger partial charge in [0.25, 0.3) is 5.92 Å². The summed E-state index contributed by atoms with van der Waals surface area (Å²) in [4.78, 5) is 14.8. The monoisotopic (exact) mass is 294 g/mol. The van der Waals surface area contributed by atoms with E-state index < -0.39 is 11.9 Å². The van der Waals surface area contributed by atoms with Crippen LogP contribution in [0.2, 0.25) is 0 Å². The molecule has 4 nitrogen and oxygen atoms in total. The maximum Gasteiger partial charge on any atom is 0.336 e. The second-order valence-corrected chi connectivity index (χ2v) is 5.61. The molecule has 21 heavy (non-hydrogen) atoms. The van der Waals surface area contributed by atoms with Crippen LogP contribution in [0.25, 0.3) is 0 Å². The molecular weight excluding hydrogens is 278 g/mol. The van der Waals surface area contributed by atoms with E-state index in [4.69, 9.17) is 5.11 Å². The van der Waals surface area contributed by atoms with Gasteiger partial charge in [-0.25, -0.2) is 4.79 Å². The molecule has 0 saturated carbocycles. The van der Waals surface area contributed by atoms with E-state index in [2.05, 4.69) is 0 Å². The molecule has 0 aromatic heterocycles. The van der Waals surface area contributed by atoms with Crippen LogP contribution in [-0.4, -0.2) is 47.6 Å². The van der Waals surface area contributed by atoms with Crippen LogP contribution in [0.3, 0.4) is 0 Å². The third-order valence-electron chi connectivity index (χ3n) is 4.05. The van der Waals surface area contributed by atoms with Crippen molar-refractivity contribution in [2.45, 2.75) is 18.9 Å². The predicted molar refractivity (Wildman–Crippen MR) is 74.9 cm³/mol. The highest BCUT2D eigenvalue weighted by molar-refractivity contribution is 5.90. The number of alkyl halides is 2. The van der Waals surface area contributed by atoms with Crippen molar-refractivity contribution in [3.8, 4) is 0 Å². The number of hydrogen-bond acceptors (Lipinski definition) is 3. The van der Waals surface area contributed by atoms with Crippen LogP contribution >= 0.6 is 0 Å². The average molecular weight is 294 g/mol. The Morgan fingerprint density at radius 3 is 2.67 bits per heavy atom. The number of rotatable bonds is 3. The Kier molecular flexibility index (Phi) is 3.11. The second kappa shape index (κ2) is 4.72. The molecule has 0 aliphatic carbocycles. The molecule has 6 heteroatoms. The Morgan fingerprint density at radius 1 is 1.38 bits per heavy atom. The lowest BCUT2D eigenvalue weighted by Crippen LogP contribution is -2.58. The standard InChI is InChI=1S/C15H16F2N2O2/c1-10-2-3-11(6-13(10)14(20)21)19-7-12(8-19)18-5-4-15(16,17)9-18/h2-6,12H,7-9H2,1H3,(H,20,21). The third-order valence-corrected chi connectivity index (χ3v) is 4.05. The molecule has 1 aromatic carbocycles. The predicted octanol–water partition coefficient (Wildman–Crippen LogP) is 2.35. The van der Waals surface area contributed by atoms with Crippen molar-refractivity contribution in [2.75, 3.05) is 24.5 Å². The molecule has 2 aliphatic rings. The van der Waals surface area contributed by atoms with Crippen molar-refractivity contribution in [3.63, 3.8) is 0 Å². The number of benzene rings is 1. The Balaban J connectivity index is 1.66. The molecule has 0 radical (unpaired) electrons. The summed E-state index contributed by atoms with van der Waals surface area (Å²) in [6.45, 7) is 2.74. The molecule has 2 heterocycles. The van der Waals surface area contributed by atoms with Crippen LogP contribution in [0.1, 0.15) is 15.9 Å². The fourth-order valence-corrected chi connectivity index (χ4v) is 2.72. The van der Waals surface area contributed by atoms with Crippen LogP contribution in [0.4, 0.5) is 14.5 Å². The average Bonchev–Trinajstić information content (AvgIpc) is 2.69. The highest BCUT2D eigenvalue weighted by atomic mass is 19.3. The Morgan fingerprint density at radius 2 is 2.10 bits per heavy atom. The van der Waals surface area contributed by atoms with E-state index in [0.717, 1.165) is 11.8 Å². The van der Waals surface area contributed by atoms with E-state index in [1.807, 2.05) is 11.0 Å². The van der Waals surface area contributed by atoms with Gasteiger partial charge in [-0.15, -0.1) is 0 Å². The van der Waals surface area contributed by atoms with E-state index in [1.54, 1.807) is 24.0 Å². The van der Waals surface area contributed by atoms with Gasteiger partial charge < -0.3 is 14.9 Å². The number of aromatic carboxylic acids is 1. The van der Waals surface area contributed by atoms with Crippen LogP contribution in [0.15, 0.2) is 30.5 Å². The summed E-state index contributed by atoms with van der Waals surface area (Å²) in [7, 11) is 0. The van der Waals surface area contributed by atoms with Gasteiger partial charge in [0, 0.05) is 31.1 Å². The number of nitrogens with zero attached hydrogens (tertiary/aromatic N) is 2. The zero-order valence-electron chi connectivity index (χ0n) is 11.6. The van der Waals surface area contributed by atoms with Gasteiger partial charge in [0.05, 0.1) is 18.2 Å². The maximum atomic E-state index is 13.1. The van der Waals surface area contributed by atoms with E-state index >= 15 is 0 Å². The number of carboxylic acid groups (broad SMARTS) is 1. The molecule has 0 bridgehead atoms. The lowest BCUT2D eigenvalue weighted by Gasteiger charge is -2.45. The van der Waals surface area contributed by atoms with Crippen molar-refractivity contribution in [3.05, 3.63) is 41.6 Å². The van der Waals surface area contributed by atoms with Crippen molar-refractivity contribution < 1.29 is 18.7 Å². The molecule has 0 unspecified atom stereocenters. The highest BCUT2D eigenvalue weighted by Crippen LogP contribution is 2.31. The normalized spacial score (nSPS) is 20.7. The first-order valence-electron chi connectivity index (χ1n) is 6.77. The number of carboxylic acids is 1. The smallest absolute Gasteiger partial charge is 0.336 e. The fourth-order valence-electron chi connectivity index (χ4n) is 2.72. The molecular formula is C15H16F2N2O2. The van der Waals surface area contributed by atoms with Gasteiger partial charge in [-0.3, -0.25) is 0 Å². The number of hydrogen-bond donors (Lipinski definition) is 1. The van der Waals surface area contributed by atoms with E-state index in [9.17, 15) is 13.6 Å². The van der Waals surface area contributed by atoms with E-state index in [-0.39, 0.29) is 18.2 Å². The minimum absolute atomic E-state index is 0.0595. The molecule has 1 aromatic rings. The molecule has 0 amide bonds. The summed E-state index contributed by atoms with van der Waals surface area (Å²) in [6, 6.07) is 5.34. The Labute approximate surface area is 121 Å². The molecule has 1 N–H and O–H groups in total. The van der Waals surface area contributed by atoms with Gasteiger partial charge in [0.1, 0.15) is 0 Å². The molecule has 1 fully saturated rings. The van der Waals surface area contributed by atoms with Crippen LogP contribution in [0, 0.1) is 6.92 Å². The summed E-state index contributed by atoms with van der Waals surface area (Å²) in [5.74, 6) is -3.69. The van der Waals surface area contributed by atoms with Gasteiger partial charge >= 0.3 is 5.97 Å². The second-order valence-electron chi connectivity index (χ2n) is 5.61. The van der Waals surface area contributed by atoms with Gasteiger partial charge in [-0.05, 0) is 24.6 Å². The van der Waals surface area contributed by atoms with Gasteiger partial charge in [-0.2, -0.15) is 8.78 Å². The molecule has 1 saturated heterocycles. The molecule has 0 atom stereocenters. The SMILES string of the molecule is Cc1ccc(N2CC(N3C=CC(F)(F)C3)C2)cc1C(=O)O. The summed E-state index contributed by atoms with van der Waals surface area (Å²) >= 11 is 0. The largest absolute Gasteiger partial charge is 0.478 e. The zero-order chi connectivity index (χ0) is 15.2. The zero-order valence-corrected chi connectivity index (χ0v) is 11.6. The number of aryl methyl sites for hydroxylation is 1. The molecule has 3 rings (SSSR count). The minimum atomic E-state index is -2.74. The number of halogens is 2. The van der Waals surface area contributed by atoms with Crippen LogP contribution in [0.5, 0.6) is 0 Å². The van der Waals surface area contributed by atoms with E-state index in [1.165, 1.54) is 6.20 Å². The number of anilines is 1. The first kappa shape index (κ1) is 13.9. The van der Waals surface area contributed by atoms with Gasteiger partial charge in [0.15, 0.2) is 0 Å². The van der Waals surface area contributed by atoms with Crippen molar-refractivity contribution in [1.29, 1.82) is 0 Å². The number of carbonyl (C=O) groups is 1. The third kappa shape index (κ3) is 2.57. The Bertz CT molecular complexity index is 610. The minimum Gasteiger partial charge on any atom is -0.478 e. The molecule has 112 valence electrons. The first-order valence-corrected chi connectivity index (χ1v) is 6.77. The lowest BCUT2D eigenvalue weighted by molar-refractivity contribution is 0.0328. The van der Waals surface area contributed by atoms with Gasteiger partial charge in [-0.1, -0.05) is 6.07 Å². The van der Waals surface area contributed by atoms with E-state index in [0.29, 0.717) is 18.7 Å². The fraction of sp³-hybridized carbons (Fsp3) is 0.400. The van der Waals surface area contributed by atoms with Crippen molar-refractivity contribution in [2.24, 2.45) is 0 Å². The topological polar surface area (TPSA) is 43.8 Å². The van der Waals surface area contributed by atoms with Crippen LogP contribution in [-0.2, 0) is 0 Å². The van der Waals surface area contributed by atoms with Crippen LogP contribution < -0.4 is 4.90 Å². The molecule has 0 spiro atoms. The lowest BCUT2D eigenvalue weighted by atomic mass is 10.0. The summed E-state index contributed by atoms with van der Waals surface area (Å²) in [6.07, 6.45) is 2.39. The van der Waals surface area contributed by atoms with Gasteiger partial charge in [0.2, 0.25) is 0 Å². The molecule has 2 aliphatic heterocycles. The quantitative estimate of drug-likeness (QED) is 0.929.